The van der Waals surface area contributed by atoms with Crippen molar-refractivity contribution >= 4 is 27.3 Å². The van der Waals surface area contributed by atoms with Gasteiger partial charge in [-0.15, -0.1) is 0 Å². The molecular weight excluding hydrogens is 428 g/mol. The van der Waals surface area contributed by atoms with Crippen LogP contribution >= 0.6 is 0 Å². The van der Waals surface area contributed by atoms with Gasteiger partial charge in [-0.1, -0.05) is 24.3 Å². The van der Waals surface area contributed by atoms with E-state index in [0.717, 1.165) is 5.56 Å². The van der Waals surface area contributed by atoms with E-state index in [9.17, 15) is 13.2 Å². The second-order valence-corrected chi connectivity index (χ2v) is 9.35. The summed E-state index contributed by atoms with van der Waals surface area (Å²) in [6, 6.07) is 18.3. The van der Waals surface area contributed by atoms with E-state index in [4.69, 9.17) is 9.47 Å². The predicted octanol–water partition coefficient (Wildman–Crippen LogP) is 4.10. The van der Waals surface area contributed by atoms with Crippen LogP contribution in [0.15, 0.2) is 71.6 Å². The number of fused-ring (bicyclic) bond motifs is 1. The summed E-state index contributed by atoms with van der Waals surface area (Å²) in [6.07, 6.45) is 0.644. The monoisotopic (exact) mass is 452 g/mol. The van der Waals surface area contributed by atoms with Crippen molar-refractivity contribution in [2.45, 2.75) is 24.3 Å². The van der Waals surface area contributed by atoms with Gasteiger partial charge in [-0.25, -0.2) is 8.42 Å². The minimum Gasteiger partial charge on any atom is -0.497 e. The zero-order valence-corrected chi connectivity index (χ0v) is 18.8. The van der Waals surface area contributed by atoms with E-state index in [2.05, 4.69) is 5.32 Å². The molecule has 1 atom stereocenters. The number of sulfonamides is 1. The number of ether oxygens (including phenoxy) is 2. The molecule has 166 valence electrons. The lowest BCUT2D eigenvalue weighted by atomic mass is 10.1. The van der Waals surface area contributed by atoms with Crippen molar-refractivity contribution < 1.29 is 22.7 Å². The summed E-state index contributed by atoms with van der Waals surface area (Å²) in [7, 11) is -0.818. The van der Waals surface area contributed by atoms with Crippen LogP contribution in [0.2, 0.25) is 0 Å². The molecule has 3 aromatic rings. The van der Waals surface area contributed by atoms with Crippen LogP contribution in [0.3, 0.4) is 0 Å². The van der Waals surface area contributed by atoms with Gasteiger partial charge < -0.3 is 14.8 Å². The lowest BCUT2D eigenvalue weighted by Gasteiger charge is -2.24. The molecule has 32 heavy (non-hydrogen) atoms. The molecule has 0 aliphatic carbocycles. The highest BCUT2D eigenvalue weighted by Crippen LogP contribution is 2.36. The number of carbonyl (C=O) groups excluding carboxylic acids is 1. The van der Waals surface area contributed by atoms with Crippen LogP contribution < -0.4 is 19.1 Å². The van der Waals surface area contributed by atoms with E-state index in [1.165, 1.54) is 30.7 Å². The zero-order chi connectivity index (χ0) is 22.9. The number of hydrogen-bond donors (Lipinski definition) is 1. The summed E-state index contributed by atoms with van der Waals surface area (Å²) < 4.78 is 38.9. The molecule has 0 saturated heterocycles. The van der Waals surface area contributed by atoms with E-state index in [1.807, 2.05) is 31.2 Å². The fourth-order valence-electron chi connectivity index (χ4n) is 3.92. The Hall–Kier alpha value is -3.52. The molecule has 0 aromatic heterocycles. The second kappa shape index (κ2) is 8.55. The van der Waals surface area contributed by atoms with E-state index >= 15 is 0 Å². The van der Waals surface area contributed by atoms with Crippen LogP contribution in [0.25, 0.3) is 0 Å². The molecule has 8 heteroatoms. The summed E-state index contributed by atoms with van der Waals surface area (Å²) in [5.74, 6) is 0.563. The number of anilines is 2. The fourth-order valence-corrected chi connectivity index (χ4v) is 5.66. The van der Waals surface area contributed by atoms with Gasteiger partial charge in [-0.2, -0.15) is 0 Å². The molecular formula is C24H24N2O5S. The number of rotatable bonds is 6. The molecule has 0 spiro atoms. The maximum atomic E-state index is 13.5. The molecule has 0 bridgehead atoms. The number of amides is 1. The second-order valence-electron chi connectivity index (χ2n) is 7.53. The average molecular weight is 453 g/mol. The molecule has 0 radical (unpaired) electrons. The van der Waals surface area contributed by atoms with Crippen molar-refractivity contribution in [2.24, 2.45) is 0 Å². The van der Waals surface area contributed by atoms with Crippen molar-refractivity contribution in [3.05, 3.63) is 77.9 Å². The zero-order valence-electron chi connectivity index (χ0n) is 18.0. The van der Waals surface area contributed by atoms with Gasteiger partial charge in [0, 0.05) is 17.7 Å². The van der Waals surface area contributed by atoms with Crippen molar-refractivity contribution in [1.82, 2.24) is 0 Å². The number of benzene rings is 3. The number of methoxy groups -OCH3 is 2. The van der Waals surface area contributed by atoms with Crippen LogP contribution in [-0.4, -0.2) is 34.6 Å². The van der Waals surface area contributed by atoms with Gasteiger partial charge in [0.25, 0.3) is 15.9 Å². The Labute approximate surface area is 187 Å². The number of nitrogens with one attached hydrogen (secondary N) is 1. The maximum Gasteiger partial charge on any atom is 0.264 e. The maximum absolute atomic E-state index is 13.5. The first-order chi connectivity index (χ1) is 15.3. The molecule has 1 aliphatic rings. The normalized spacial score (nSPS) is 15.2. The van der Waals surface area contributed by atoms with Gasteiger partial charge in [-0.3, -0.25) is 9.10 Å². The molecule has 0 saturated carbocycles. The highest BCUT2D eigenvalue weighted by Gasteiger charge is 2.36. The highest BCUT2D eigenvalue weighted by atomic mass is 32.2. The number of hydrogen-bond acceptors (Lipinski definition) is 5. The number of para-hydroxylation sites is 1. The first-order valence-electron chi connectivity index (χ1n) is 10.1. The quantitative estimate of drug-likeness (QED) is 0.609. The smallest absolute Gasteiger partial charge is 0.264 e. The molecule has 1 amide bonds. The Kier molecular flexibility index (Phi) is 5.80. The molecule has 1 N–H and O–H groups in total. The predicted molar refractivity (Wildman–Crippen MR) is 123 cm³/mol. The summed E-state index contributed by atoms with van der Waals surface area (Å²) in [6.45, 7) is 1.88. The topological polar surface area (TPSA) is 84.9 Å². The lowest BCUT2D eigenvalue weighted by molar-refractivity contribution is 0.102. The standard InChI is InChI=1S/C24H24N2O5S/c1-16-13-17-7-4-5-10-22(17)26(16)32(28,29)20-9-6-8-18(14-20)24(27)25-21-15-19(30-2)11-12-23(21)31-3/h4-12,14-16H,13H2,1-3H3,(H,25,27)/t16-/m0/s1. The minimum atomic E-state index is -3.85. The SMILES string of the molecule is COc1ccc(OC)c(NC(=O)c2cccc(S(=O)(=O)N3c4ccccc4C[C@@H]3C)c2)c1. The van der Waals surface area contributed by atoms with Crippen molar-refractivity contribution in [1.29, 1.82) is 0 Å². The van der Waals surface area contributed by atoms with Gasteiger partial charge >= 0.3 is 0 Å². The molecule has 1 aliphatic heterocycles. The van der Waals surface area contributed by atoms with Crippen LogP contribution in [0.5, 0.6) is 11.5 Å². The third-order valence-corrected chi connectivity index (χ3v) is 7.38. The van der Waals surface area contributed by atoms with Crippen LogP contribution in [0, 0.1) is 0 Å². The average Bonchev–Trinajstić information content (AvgIpc) is 3.15. The molecule has 7 nitrogen and oxygen atoms in total. The van der Waals surface area contributed by atoms with Crippen LogP contribution in [-0.2, 0) is 16.4 Å². The van der Waals surface area contributed by atoms with Crippen molar-refractivity contribution in [3.63, 3.8) is 0 Å². The van der Waals surface area contributed by atoms with Crippen LogP contribution in [0.1, 0.15) is 22.8 Å². The first-order valence-corrected chi connectivity index (χ1v) is 11.5. The Balaban J connectivity index is 1.65. The molecule has 1 heterocycles. The summed E-state index contributed by atoms with van der Waals surface area (Å²) in [5.41, 5.74) is 2.31. The van der Waals surface area contributed by atoms with Crippen LogP contribution in [0.4, 0.5) is 11.4 Å². The van der Waals surface area contributed by atoms with E-state index < -0.39 is 15.9 Å². The largest absolute Gasteiger partial charge is 0.497 e. The number of carbonyl (C=O) groups is 1. The van der Waals surface area contributed by atoms with Gasteiger partial charge in [-0.05, 0) is 55.3 Å². The summed E-state index contributed by atoms with van der Waals surface area (Å²) >= 11 is 0. The van der Waals surface area contributed by atoms with E-state index in [1.54, 1.807) is 30.3 Å². The van der Waals surface area contributed by atoms with Crippen molar-refractivity contribution in [3.8, 4) is 11.5 Å². The van der Waals surface area contributed by atoms with Gasteiger partial charge in [0.05, 0.1) is 30.5 Å². The molecule has 0 unspecified atom stereocenters. The number of nitrogens with zero attached hydrogens (tertiary/aromatic N) is 1. The van der Waals surface area contributed by atoms with E-state index in [0.29, 0.717) is 29.3 Å². The third kappa shape index (κ3) is 3.89. The van der Waals surface area contributed by atoms with Gasteiger partial charge in [0.2, 0.25) is 0 Å². The Bertz CT molecular complexity index is 1270. The Morgan fingerprint density at radius 2 is 1.78 bits per heavy atom. The first kappa shape index (κ1) is 21.7. The summed E-state index contributed by atoms with van der Waals surface area (Å²) in [5, 5.41) is 2.77. The van der Waals surface area contributed by atoms with Gasteiger partial charge in [0.15, 0.2) is 0 Å². The van der Waals surface area contributed by atoms with Gasteiger partial charge in [0.1, 0.15) is 11.5 Å². The van der Waals surface area contributed by atoms with Crippen molar-refractivity contribution in [2.75, 3.05) is 23.8 Å². The molecule has 0 fully saturated rings. The summed E-state index contributed by atoms with van der Waals surface area (Å²) in [4.78, 5) is 13.0. The Morgan fingerprint density at radius 1 is 1.00 bits per heavy atom. The lowest BCUT2D eigenvalue weighted by Crippen LogP contribution is -2.35. The minimum absolute atomic E-state index is 0.0614. The Morgan fingerprint density at radius 3 is 2.53 bits per heavy atom. The van der Waals surface area contributed by atoms with E-state index in [-0.39, 0.29) is 16.5 Å². The third-order valence-electron chi connectivity index (χ3n) is 5.45. The molecule has 3 aromatic carbocycles. The fraction of sp³-hybridized carbons (Fsp3) is 0.208. The highest BCUT2D eigenvalue weighted by molar-refractivity contribution is 7.92. The molecule has 4 rings (SSSR count).